The molecule has 0 saturated heterocycles. The molecule has 0 spiro atoms. The van der Waals surface area contributed by atoms with Crippen molar-refractivity contribution in [3.05, 3.63) is 23.8 Å². The van der Waals surface area contributed by atoms with Crippen LogP contribution in [0.15, 0.2) is 18.2 Å². The molecule has 0 aromatic heterocycles. The summed E-state index contributed by atoms with van der Waals surface area (Å²) in [6.45, 7) is 10.9. The van der Waals surface area contributed by atoms with Gasteiger partial charge < -0.3 is 14.2 Å². The number of benzene rings is 1. The molecule has 153 valence electrons. The summed E-state index contributed by atoms with van der Waals surface area (Å²) in [6.07, 6.45) is 1.21. The number of carbonyl (C=O) groups excluding carboxylic acids is 1. The third-order valence-corrected chi connectivity index (χ3v) is 5.02. The smallest absolute Gasteiger partial charge is 0.292 e. The Hall–Kier alpha value is -1.49. The average molecular weight is 399 g/mol. The summed E-state index contributed by atoms with van der Waals surface area (Å²) in [6, 6.07) is 4.90. The SMILES string of the molecule is COc1cccc(OC)c1C(=O)[P](=O)OC(C)OCCC(C)CC(C)(C)C. The number of methoxy groups -OCH3 is 2. The van der Waals surface area contributed by atoms with Crippen LogP contribution in [-0.2, 0) is 13.8 Å². The second-order valence-electron chi connectivity index (χ2n) is 7.80. The van der Waals surface area contributed by atoms with Crippen LogP contribution in [0.2, 0.25) is 0 Å². The lowest BCUT2D eigenvalue weighted by Gasteiger charge is -2.23. The van der Waals surface area contributed by atoms with Crippen molar-refractivity contribution in [1.29, 1.82) is 0 Å². The first-order valence-electron chi connectivity index (χ1n) is 9.10. The molecule has 0 bridgehead atoms. The minimum atomic E-state index is -2.63. The number of hydrogen-bond donors (Lipinski definition) is 0. The van der Waals surface area contributed by atoms with E-state index in [1.165, 1.54) is 14.2 Å². The maximum atomic E-state index is 12.6. The zero-order valence-corrected chi connectivity index (χ0v) is 18.3. The lowest BCUT2D eigenvalue weighted by atomic mass is 9.84. The summed E-state index contributed by atoms with van der Waals surface area (Å²) in [5.41, 5.74) is -0.309. The van der Waals surface area contributed by atoms with E-state index in [-0.39, 0.29) is 22.5 Å². The predicted octanol–water partition coefficient (Wildman–Crippen LogP) is 5.43. The topological polar surface area (TPSA) is 71.1 Å². The maximum absolute atomic E-state index is 12.6. The van der Waals surface area contributed by atoms with Gasteiger partial charge >= 0.3 is 0 Å². The van der Waals surface area contributed by atoms with Gasteiger partial charge in [0.1, 0.15) is 17.1 Å². The summed E-state index contributed by atoms with van der Waals surface area (Å²) >= 11 is 0. The van der Waals surface area contributed by atoms with Gasteiger partial charge in [-0.05, 0) is 43.2 Å². The second-order valence-corrected chi connectivity index (χ2v) is 8.93. The zero-order chi connectivity index (χ0) is 20.6. The standard InChI is InChI=1S/C20H32O6P/c1-14(13-20(3,4)5)11-12-25-15(2)26-27(22)19(21)18-16(23-6)9-8-10-17(18)24-7/h8-10,14-15H,11-13H2,1-7H3. The van der Waals surface area contributed by atoms with Crippen LogP contribution in [0.3, 0.4) is 0 Å². The molecule has 0 amide bonds. The van der Waals surface area contributed by atoms with Crippen LogP contribution >= 0.6 is 8.03 Å². The highest BCUT2D eigenvalue weighted by atomic mass is 31.1. The summed E-state index contributed by atoms with van der Waals surface area (Å²) in [5, 5.41) is 0. The maximum Gasteiger partial charge on any atom is 0.292 e. The highest BCUT2D eigenvalue weighted by Gasteiger charge is 2.27. The Morgan fingerprint density at radius 2 is 1.67 bits per heavy atom. The monoisotopic (exact) mass is 399 g/mol. The molecule has 27 heavy (non-hydrogen) atoms. The van der Waals surface area contributed by atoms with Gasteiger partial charge in [-0.25, -0.2) is 4.57 Å². The van der Waals surface area contributed by atoms with E-state index in [9.17, 15) is 9.36 Å². The molecule has 0 N–H and O–H groups in total. The van der Waals surface area contributed by atoms with Crippen LogP contribution in [0.25, 0.3) is 0 Å². The van der Waals surface area contributed by atoms with Crippen LogP contribution < -0.4 is 9.47 Å². The molecule has 1 rings (SSSR count). The Morgan fingerprint density at radius 3 is 2.15 bits per heavy atom. The van der Waals surface area contributed by atoms with Gasteiger partial charge in [0.15, 0.2) is 6.29 Å². The van der Waals surface area contributed by atoms with Crippen molar-refractivity contribution in [1.82, 2.24) is 0 Å². The summed E-state index contributed by atoms with van der Waals surface area (Å²) < 4.78 is 33.6. The van der Waals surface area contributed by atoms with Crippen LogP contribution in [0.1, 0.15) is 57.8 Å². The van der Waals surface area contributed by atoms with Gasteiger partial charge in [-0.15, -0.1) is 0 Å². The van der Waals surface area contributed by atoms with Crippen molar-refractivity contribution >= 4 is 13.6 Å². The van der Waals surface area contributed by atoms with Crippen molar-refractivity contribution < 1.29 is 28.1 Å². The number of rotatable bonds is 11. The van der Waals surface area contributed by atoms with E-state index >= 15 is 0 Å². The molecule has 6 nitrogen and oxygen atoms in total. The third-order valence-electron chi connectivity index (χ3n) is 3.98. The first kappa shape index (κ1) is 23.5. The minimum absolute atomic E-state index is 0.106. The molecule has 7 heteroatoms. The molecule has 1 radical (unpaired) electrons. The Morgan fingerprint density at radius 1 is 1.11 bits per heavy atom. The largest absolute Gasteiger partial charge is 0.496 e. The Bertz CT molecular complexity index is 616. The quantitative estimate of drug-likeness (QED) is 0.365. The lowest BCUT2D eigenvalue weighted by Crippen LogP contribution is -2.16. The molecule has 0 aliphatic heterocycles. The number of carbonyl (C=O) groups is 1. The van der Waals surface area contributed by atoms with Gasteiger partial charge in [-0.2, -0.15) is 0 Å². The van der Waals surface area contributed by atoms with Crippen LogP contribution in [-0.4, -0.2) is 32.6 Å². The molecule has 3 atom stereocenters. The van der Waals surface area contributed by atoms with Crippen molar-refractivity contribution in [3.63, 3.8) is 0 Å². The van der Waals surface area contributed by atoms with Crippen molar-refractivity contribution in [2.75, 3.05) is 20.8 Å². The van der Waals surface area contributed by atoms with Gasteiger partial charge in [-0.1, -0.05) is 33.8 Å². The summed E-state index contributed by atoms with van der Waals surface area (Å²) in [7, 11) is 0.240. The van der Waals surface area contributed by atoms with Gasteiger partial charge in [-0.3, -0.25) is 9.32 Å². The Balaban J connectivity index is 2.60. The van der Waals surface area contributed by atoms with Crippen molar-refractivity contribution in [2.45, 2.75) is 53.8 Å². The second kappa shape index (κ2) is 10.7. The molecule has 0 fully saturated rings. The van der Waals surface area contributed by atoms with E-state index < -0.39 is 19.8 Å². The van der Waals surface area contributed by atoms with Gasteiger partial charge in [0, 0.05) is 0 Å². The third kappa shape index (κ3) is 7.96. The number of ether oxygens (including phenoxy) is 3. The van der Waals surface area contributed by atoms with Crippen LogP contribution in [0.5, 0.6) is 11.5 Å². The van der Waals surface area contributed by atoms with Crippen molar-refractivity contribution in [2.24, 2.45) is 11.3 Å². The van der Waals surface area contributed by atoms with E-state index in [0.29, 0.717) is 12.5 Å². The normalized spacial score (nSPS) is 14.4. The fourth-order valence-electron chi connectivity index (χ4n) is 2.95. The molecule has 0 heterocycles. The van der Waals surface area contributed by atoms with E-state index in [1.807, 2.05) is 0 Å². The van der Waals surface area contributed by atoms with E-state index in [4.69, 9.17) is 18.7 Å². The number of hydrogen-bond acceptors (Lipinski definition) is 6. The highest BCUT2D eigenvalue weighted by Crippen LogP contribution is 2.38. The van der Waals surface area contributed by atoms with E-state index in [2.05, 4.69) is 27.7 Å². The first-order chi connectivity index (χ1) is 12.6. The summed E-state index contributed by atoms with van der Waals surface area (Å²) in [4.78, 5) is 12.6. The molecule has 0 aliphatic carbocycles. The molecular formula is C20H32O6P. The molecule has 0 saturated carbocycles. The van der Waals surface area contributed by atoms with Crippen LogP contribution in [0.4, 0.5) is 0 Å². The molecule has 1 aromatic carbocycles. The lowest BCUT2D eigenvalue weighted by molar-refractivity contribution is -0.0658. The Kier molecular flexibility index (Phi) is 9.37. The van der Waals surface area contributed by atoms with Gasteiger partial charge in [0.25, 0.3) is 13.6 Å². The fourth-order valence-corrected chi connectivity index (χ4v) is 3.78. The van der Waals surface area contributed by atoms with Gasteiger partial charge in [0.2, 0.25) is 0 Å². The van der Waals surface area contributed by atoms with E-state index in [0.717, 1.165) is 12.8 Å². The zero-order valence-electron chi connectivity index (χ0n) is 17.4. The average Bonchev–Trinajstić information content (AvgIpc) is 2.58. The molecule has 1 aromatic rings. The van der Waals surface area contributed by atoms with E-state index in [1.54, 1.807) is 25.1 Å². The molecule has 3 unspecified atom stereocenters. The molecule has 0 aliphatic rings. The van der Waals surface area contributed by atoms with Crippen molar-refractivity contribution in [3.8, 4) is 11.5 Å². The van der Waals surface area contributed by atoms with Gasteiger partial charge in [0.05, 0.1) is 20.8 Å². The Labute approximate surface area is 163 Å². The minimum Gasteiger partial charge on any atom is -0.496 e. The fraction of sp³-hybridized carbons (Fsp3) is 0.650. The molecular weight excluding hydrogens is 367 g/mol. The summed E-state index contributed by atoms with van der Waals surface area (Å²) in [5.74, 6) is 1.08. The first-order valence-corrected chi connectivity index (χ1v) is 10.3. The van der Waals surface area contributed by atoms with Crippen LogP contribution in [0, 0.1) is 11.3 Å². The predicted molar refractivity (Wildman–Crippen MR) is 106 cm³/mol. The highest BCUT2D eigenvalue weighted by molar-refractivity contribution is 7.60.